The van der Waals surface area contributed by atoms with Gasteiger partial charge in [0.15, 0.2) is 11.5 Å². The van der Waals surface area contributed by atoms with Crippen molar-refractivity contribution in [1.82, 2.24) is 9.97 Å². The van der Waals surface area contributed by atoms with Crippen LogP contribution in [0.4, 0.5) is 38.4 Å². The zero-order chi connectivity index (χ0) is 28.8. The molecule has 1 aromatic heterocycles. The summed E-state index contributed by atoms with van der Waals surface area (Å²) in [6.45, 7) is 0. The molecule has 3 N–H and O–H groups in total. The molecule has 1 fully saturated rings. The van der Waals surface area contributed by atoms with Gasteiger partial charge in [0.05, 0.1) is 21.7 Å². The van der Waals surface area contributed by atoms with E-state index >= 15 is 4.39 Å². The van der Waals surface area contributed by atoms with E-state index < -0.39 is 53.8 Å². The molecule has 2 amide bonds. The van der Waals surface area contributed by atoms with Gasteiger partial charge in [0.1, 0.15) is 6.04 Å². The second kappa shape index (κ2) is 8.38. The monoisotopic (exact) mass is 578 g/mol. The van der Waals surface area contributed by atoms with Crippen LogP contribution in [0.2, 0.25) is 5.02 Å². The minimum absolute atomic E-state index is 0.00439. The summed E-state index contributed by atoms with van der Waals surface area (Å²) >= 11 is 5.95. The predicted octanol–water partition coefficient (Wildman–Crippen LogP) is 5.74. The number of nitrogens with zero attached hydrogens (tertiary/aromatic N) is 3. The van der Waals surface area contributed by atoms with E-state index in [1.54, 1.807) is 12.1 Å². The zero-order valence-electron chi connectivity index (χ0n) is 19.9. The van der Waals surface area contributed by atoms with Crippen LogP contribution in [0, 0.1) is 5.82 Å². The van der Waals surface area contributed by atoms with E-state index in [1.165, 1.54) is 48.5 Å². The van der Waals surface area contributed by atoms with Gasteiger partial charge in [0.25, 0.3) is 5.91 Å². The number of anilines is 2. The normalized spacial score (nSPS) is 22.7. The highest BCUT2D eigenvalue weighted by Crippen LogP contribution is 2.54. The van der Waals surface area contributed by atoms with E-state index in [1.807, 2.05) is 0 Å². The minimum atomic E-state index is -4.62. The average molecular weight is 579 g/mol. The van der Waals surface area contributed by atoms with Gasteiger partial charge >= 0.3 is 17.9 Å². The molecule has 8 nitrogen and oxygen atoms in total. The Labute approximate surface area is 226 Å². The molecule has 6 rings (SSSR count). The van der Waals surface area contributed by atoms with E-state index in [4.69, 9.17) is 11.6 Å². The van der Waals surface area contributed by atoms with Crippen LogP contribution in [0.5, 0.6) is 0 Å². The number of hydrogen-bond donors (Lipinski definition) is 3. The van der Waals surface area contributed by atoms with Crippen LogP contribution in [0.15, 0.2) is 60.7 Å². The van der Waals surface area contributed by atoms with Gasteiger partial charge in [0, 0.05) is 23.1 Å². The number of aromatic amines is 1. The third kappa shape index (κ3) is 3.37. The lowest BCUT2D eigenvalue weighted by atomic mass is 9.82. The Bertz CT molecular complexity index is 1730. The smallest absolute Gasteiger partial charge is 0.414 e. The third-order valence-corrected chi connectivity index (χ3v) is 7.50. The number of aliphatic hydroxyl groups is 1. The molecule has 206 valence electrons. The number of H-pyrrole nitrogens is 1. The quantitative estimate of drug-likeness (QED) is 0.268. The lowest BCUT2D eigenvalue weighted by Gasteiger charge is -2.46. The van der Waals surface area contributed by atoms with Crippen molar-refractivity contribution in [3.63, 3.8) is 0 Å². The molecule has 2 unspecified atom stereocenters. The van der Waals surface area contributed by atoms with Crippen LogP contribution >= 0.6 is 11.6 Å². The van der Waals surface area contributed by atoms with Crippen molar-refractivity contribution in [3.8, 4) is 0 Å². The summed E-state index contributed by atoms with van der Waals surface area (Å²) in [5.74, 6) is -11.4. The number of nitrogens with one attached hydrogen (secondary N) is 1. The summed E-state index contributed by atoms with van der Waals surface area (Å²) in [5.41, 5.74) is -2.40. The Morgan fingerprint density at radius 1 is 1.10 bits per heavy atom. The first-order valence-electron chi connectivity index (χ1n) is 11.7. The van der Waals surface area contributed by atoms with Gasteiger partial charge in [-0.25, -0.2) is 19.1 Å². The molecule has 0 radical (unpaired) electrons. The van der Waals surface area contributed by atoms with E-state index in [0.717, 1.165) is 4.90 Å². The first-order chi connectivity index (χ1) is 18.8. The fourth-order valence-electron chi connectivity index (χ4n) is 5.17. The number of carboxylic acid groups (broad SMARTS) is 1. The van der Waals surface area contributed by atoms with Crippen molar-refractivity contribution in [2.45, 2.75) is 30.0 Å². The predicted molar refractivity (Wildman–Crippen MR) is 133 cm³/mol. The number of aromatic nitrogens is 2. The number of imidazole rings is 1. The molecule has 40 heavy (non-hydrogen) atoms. The number of carbonyl (C=O) groups is 2. The minimum Gasteiger partial charge on any atom is -0.465 e. The van der Waals surface area contributed by atoms with E-state index in [9.17, 15) is 37.4 Å². The number of halogens is 6. The van der Waals surface area contributed by atoms with Crippen LogP contribution < -0.4 is 9.80 Å². The number of fused-ring (bicyclic) bond motifs is 2. The molecule has 1 aliphatic heterocycles. The van der Waals surface area contributed by atoms with Crippen molar-refractivity contribution in [2.75, 3.05) is 9.80 Å². The Kier molecular flexibility index (Phi) is 5.45. The Morgan fingerprint density at radius 3 is 2.50 bits per heavy atom. The first-order valence-corrected chi connectivity index (χ1v) is 12.1. The van der Waals surface area contributed by atoms with Gasteiger partial charge in [-0.2, -0.15) is 17.6 Å². The Morgan fingerprint density at radius 2 is 1.82 bits per heavy atom. The molecule has 2 atom stereocenters. The lowest BCUT2D eigenvalue weighted by Crippen LogP contribution is -2.69. The second-order valence-electron chi connectivity index (χ2n) is 9.42. The van der Waals surface area contributed by atoms with Gasteiger partial charge in [-0.05, 0) is 30.3 Å². The molecule has 0 spiro atoms. The number of rotatable bonds is 4. The van der Waals surface area contributed by atoms with Crippen LogP contribution in [0.1, 0.15) is 27.9 Å². The summed E-state index contributed by atoms with van der Waals surface area (Å²) < 4.78 is 70.2. The maximum absolute atomic E-state index is 15.1. The Hall–Kier alpha value is -4.23. The highest BCUT2D eigenvalue weighted by Gasteiger charge is 2.74. The summed E-state index contributed by atoms with van der Waals surface area (Å²) in [7, 11) is 0. The van der Waals surface area contributed by atoms with Crippen LogP contribution in [-0.2, 0) is 5.72 Å². The fraction of sp³-hybridized carbons (Fsp3) is 0.192. The molecule has 4 aromatic rings. The van der Waals surface area contributed by atoms with E-state index in [-0.39, 0.29) is 43.3 Å². The standard InChI is InChI=1S/C26H16ClF5N4O4/c27-15-6-3-7-18(20(15)28)36-21(37)13-4-1-2-5-14(13)25(36,40)12-8-9-16-17(10-12)34-22(33-16)35(23(38)39)19-11-24(29,30)26(19,31)32/h1-10,19,40H,11H2,(H,33,34)(H,38,39). The number of carbonyl (C=O) groups excluding carboxylic acids is 1. The molecule has 14 heteroatoms. The van der Waals surface area contributed by atoms with Gasteiger partial charge < -0.3 is 15.2 Å². The third-order valence-electron chi connectivity index (χ3n) is 7.21. The number of hydrogen-bond acceptors (Lipinski definition) is 4. The topological polar surface area (TPSA) is 110 Å². The van der Waals surface area contributed by atoms with Crippen molar-refractivity contribution >= 4 is 46.3 Å². The SMILES string of the molecule is O=C(O)N(c1nc2ccc(C3(O)c4ccccc4C(=O)N3c3cccc(Cl)c3F)cc2[nH]1)C1CC(F)(F)C1(F)F. The lowest BCUT2D eigenvalue weighted by molar-refractivity contribution is -0.286. The van der Waals surface area contributed by atoms with E-state index in [2.05, 4.69) is 9.97 Å². The van der Waals surface area contributed by atoms with Crippen LogP contribution in [0.25, 0.3) is 11.0 Å². The molecular weight excluding hydrogens is 563 g/mol. The maximum Gasteiger partial charge on any atom is 0.414 e. The zero-order valence-corrected chi connectivity index (χ0v) is 20.6. The molecular formula is C26H16ClF5N4O4. The van der Waals surface area contributed by atoms with Gasteiger partial charge in [-0.3, -0.25) is 9.69 Å². The highest BCUT2D eigenvalue weighted by molar-refractivity contribution is 6.31. The van der Waals surface area contributed by atoms with Crippen LogP contribution in [-0.4, -0.2) is 50.1 Å². The van der Waals surface area contributed by atoms with Crippen molar-refractivity contribution in [3.05, 3.63) is 88.2 Å². The molecule has 2 heterocycles. The molecule has 0 saturated heterocycles. The summed E-state index contributed by atoms with van der Waals surface area (Å²) in [6, 6.07) is 11.4. The summed E-state index contributed by atoms with van der Waals surface area (Å²) in [5, 5.41) is 21.4. The van der Waals surface area contributed by atoms with Gasteiger partial charge in [-0.15, -0.1) is 0 Å². The van der Waals surface area contributed by atoms with Crippen molar-refractivity contribution in [1.29, 1.82) is 0 Å². The molecule has 1 aliphatic carbocycles. The molecule has 2 aliphatic rings. The Balaban J connectivity index is 1.49. The molecule has 1 saturated carbocycles. The highest BCUT2D eigenvalue weighted by atomic mass is 35.5. The van der Waals surface area contributed by atoms with Gasteiger partial charge in [0.2, 0.25) is 5.95 Å². The molecule has 3 aromatic carbocycles. The second-order valence-corrected chi connectivity index (χ2v) is 9.83. The number of alkyl halides is 4. The van der Waals surface area contributed by atoms with Crippen molar-refractivity contribution < 1.29 is 41.8 Å². The summed E-state index contributed by atoms with van der Waals surface area (Å²) in [6.07, 6.45) is -3.34. The van der Waals surface area contributed by atoms with E-state index in [0.29, 0.717) is 0 Å². The van der Waals surface area contributed by atoms with Crippen LogP contribution in [0.3, 0.4) is 0 Å². The maximum atomic E-state index is 15.1. The molecule has 0 bridgehead atoms. The first kappa shape index (κ1) is 26.0. The van der Waals surface area contributed by atoms with Gasteiger partial charge in [-0.1, -0.05) is 41.9 Å². The largest absolute Gasteiger partial charge is 0.465 e. The fourth-order valence-corrected chi connectivity index (χ4v) is 5.34. The van der Waals surface area contributed by atoms with Crippen molar-refractivity contribution in [2.24, 2.45) is 0 Å². The summed E-state index contributed by atoms with van der Waals surface area (Å²) in [4.78, 5) is 32.6. The number of amides is 2. The average Bonchev–Trinajstić information content (AvgIpc) is 3.42. The number of benzene rings is 3.